The van der Waals surface area contributed by atoms with Gasteiger partial charge in [0.1, 0.15) is 11.5 Å². The van der Waals surface area contributed by atoms with E-state index < -0.39 is 28.8 Å². The maximum atomic E-state index is 12.0. The van der Waals surface area contributed by atoms with Crippen LogP contribution in [0.2, 0.25) is 0 Å². The minimum atomic E-state index is -1.07. The summed E-state index contributed by atoms with van der Waals surface area (Å²) in [6, 6.07) is 4.79. The van der Waals surface area contributed by atoms with Gasteiger partial charge in [-0.3, -0.25) is 19.7 Å². The number of carboxylic acids is 1. The van der Waals surface area contributed by atoms with Crippen LogP contribution in [0.25, 0.3) is 0 Å². The van der Waals surface area contributed by atoms with Gasteiger partial charge in [-0.05, 0) is 6.07 Å². The fraction of sp³-hybridized carbons (Fsp3) is 0.333. The van der Waals surface area contributed by atoms with Crippen molar-refractivity contribution < 1.29 is 24.4 Å². The maximum Gasteiger partial charge on any atom is 0.311 e. The van der Waals surface area contributed by atoms with Gasteiger partial charge in [-0.2, -0.15) is 0 Å². The molecule has 1 aromatic carbocycles. The highest BCUT2D eigenvalue weighted by Crippen LogP contribution is 2.19. The van der Waals surface area contributed by atoms with Crippen LogP contribution >= 0.6 is 0 Å². The van der Waals surface area contributed by atoms with Gasteiger partial charge in [0, 0.05) is 6.07 Å². The molecular weight excluding hydrogens is 268 g/mol. The number of aliphatic carboxylic acids is 1. The van der Waals surface area contributed by atoms with E-state index in [1.807, 2.05) is 0 Å². The van der Waals surface area contributed by atoms with Crippen molar-refractivity contribution >= 4 is 17.6 Å². The molecule has 1 saturated heterocycles. The molecular formula is C12H12N2O6. The molecule has 2 N–H and O–H groups in total. The van der Waals surface area contributed by atoms with Gasteiger partial charge in [-0.25, -0.2) is 0 Å². The highest BCUT2D eigenvalue weighted by atomic mass is 16.6. The number of benzene rings is 1. The van der Waals surface area contributed by atoms with Crippen LogP contribution < -0.4 is 5.32 Å². The van der Waals surface area contributed by atoms with Gasteiger partial charge in [-0.1, -0.05) is 12.1 Å². The van der Waals surface area contributed by atoms with Crippen molar-refractivity contribution in [2.24, 2.45) is 5.92 Å². The molecule has 0 aliphatic carbocycles. The van der Waals surface area contributed by atoms with E-state index in [1.165, 1.54) is 24.3 Å². The van der Waals surface area contributed by atoms with E-state index in [0.717, 1.165) is 0 Å². The second-order valence-electron chi connectivity index (χ2n) is 4.34. The molecule has 0 radical (unpaired) electrons. The zero-order valence-electron chi connectivity index (χ0n) is 10.3. The Labute approximate surface area is 113 Å². The van der Waals surface area contributed by atoms with Crippen LogP contribution in [0.5, 0.6) is 0 Å². The molecule has 8 heteroatoms. The van der Waals surface area contributed by atoms with Crippen LogP contribution in [0.1, 0.15) is 10.4 Å². The minimum absolute atomic E-state index is 0.0111. The first-order valence-corrected chi connectivity index (χ1v) is 5.85. The number of nitro groups is 1. The monoisotopic (exact) mass is 280 g/mol. The Balaban J connectivity index is 2.17. The highest BCUT2D eigenvalue weighted by molar-refractivity contribution is 5.98. The number of rotatable bonds is 4. The summed E-state index contributed by atoms with van der Waals surface area (Å²) in [7, 11) is 0. The number of para-hydroxylation sites is 1. The average molecular weight is 280 g/mol. The largest absolute Gasteiger partial charge is 0.481 e. The molecule has 1 heterocycles. The Bertz CT molecular complexity index is 559. The van der Waals surface area contributed by atoms with Gasteiger partial charge in [0.25, 0.3) is 11.6 Å². The van der Waals surface area contributed by atoms with E-state index in [2.05, 4.69) is 5.32 Å². The zero-order valence-corrected chi connectivity index (χ0v) is 10.3. The van der Waals surface area contributed by atoms with Gasteiger partial charge in [0.05, 0.1) is 24.2 Å². The van der Waals surface area contributed by atoms with Crippen LogP contribution in [0, 0.1) is 16.0 Å². The number of hydrogen-bond acceptors (Lipinski definition) is 5. The summed E-state index contributed by atoms with van der Waals surface area (Å²) in [5.74, 6) is -2.60. The Morgan fingerprint density at radius 1 is 1.35 bits per heavy atom. The second-order valence-corrected chi connectivity index (χ2v) is 4.34. The van der Waals surface area contributed by atoms with Crippen molar-refractivity contribution in [3.05, 3.63) is 39.9 Å². The van der Waals surface area contributed by atoms with Gasteiger partial charge < -0.3 is 15.2 Å². The first kappa shape index (κ1) is 13.9. The fourth-order valence-corrected chi connectivity index (χ4v) is 2.01. The molecule has 1 aliphatic rings. The van der Waals surface area contributed by atoms with E-state index in [4.69, 9.17) is 9.84 Å². The van der Waals surface area contributed by atoms with E-state index in [-0.39, 0.29) is 24.5 Å². The molecule has 1 aromatic rings. The number of amides is 1. The molecule has 20 heavy (non-hydrogen) atoms. The number of carbonyl (C=O) groups is 2. The third kappa shape index (κ3) is 2.75. The second kappa shape index (κ2) is 5.66. The topological polar surface area (TPSA) is 119 Å². The van der Waals surface area contributed by atoms with Crippen molar-refractivity contribution in [3.63, 3.8) is 0 Å². The number of carboxylic acid groups (broad SMARTS) is 1. The van der Waals surface area contributed by atoms with E-state index in [9.17, 15) is 19.7 Å². The number of ether oxygens (including phenoxy) is 1. The summed E-state index contributed by atoms with van der Waals surface area (Å²) in [5.41, 5.74) is -0.427. The average Bonchev–Trinajstić information content (AvgIpc) is 2.87. The van der Waals surface area contributed by atoms with Crippen LogP contribution in [0.3, 0.4) is 0 Å². The number of hydrogen-bond donors (Lipinski definition) is 2. The van der Waals surface area contributed by atoms with Crippen LogP contribution in [0.4, 0.5) is 5.69 Å². The predicted octanol–water partition coefficient (Wildman–Crippen LogP) is 0.424. The zero-order chi connectivity index (χ0) is 14.7. The van der Waals surface area contributed by atoms with Crippen LogP contribution in [-0.4, -0.2) is 41.2 Å². The lowest BCUT2D eigenvalue weighted by molar-refractivity contribution is -0.385. The lowest BCUT2D eigenvalue weighted by Crippen LogP contribution is -2.42. The maximum absolute atomic E-state index is 12.0. The number of nitrogens with zero attached hydrogens (tertiary/aromatic N) is 1. The third-order valence-electron chi connectivity index (χ3n) is 3.06. The van der Waals surface area contributed by atoms with Gasteiger partial charge in [-0.15, -0.1) is 0 Å². The summed E-state index contributed by atoms with van der Waals surface area (Å²) in [6.07, 6.45) is 0. The molecule has 0 aromatic heterocycles. The van der Waals surface area contributed by atoms with E-state index >= 15 is 0 Å². The number of carbonyl (C=O) groups excluding carboxylic acids is 1. The predicted molar refractivity (Wildman–Crippen MR) is 66.3 cm³/mol. The van der Waals surface area contributed by atoms with Gasteiger partial charge >= 0.3 is 5.97 Å². The molecule has 1 aliphatic heterocycles. The normalized spacial score (nSPS) is 21.4. The SMILES string of the molecule is O=C(NC1COCC1C(=O)O)c1ccccc1[N+](=O)[O-]. The lowest BCUT2D eigenvalue weighted by atomic mass is 10.0. The van der Waals surface area contributed by atoms with Crippen molar-refractivity contribution in [3.8, 4) is 0 Å². The summed E-state index contributed by atoms with van der Waals surface area (Å²) in [6.45, 7) is 0.0838. The summed E-state index contributed by atoms with van der Waals surface area (Å²) in [5, 5.41) is 22.3. The van der Waals surface area contributed by atoms with Gasteiger partial charge in [0.2, 0.25) is 0 Å². The van der Waals surface area contributed by atoms with Gasteiger partial charge in [0.15, 0.2) is 0 Å². The minimum Gasteiger partial charge on any atom is -0.481 e. The molecule has 2 atom stereocenters. The van der Waals surface area contributed by atoms with E-state index in [0.29, 0.717) is 0 Å². The molecule has 0 bridgehead atoms. The number of nitro benzene ring substituents is 1. The Hall–Kier alpha value is -2.48. The summed E-state index contributed by atoms with van der Waals surface area (Å²) >= 11 is 0. The van der Waals surface area contributed by atoms with Crippen LogP contribution in [-0.2, 0) is 9.53 Å². The smallest absolute Gasteiger partial charge is 0.311 e. The molecule has 106 valence electrons. The molecule has 0 saturated carbocycles. The molecule has 1 fully saturated rings. The molecule has 2 rings (SSSR count). The van der Waals surface area contributed by atoms with Crippen molar-refractivity contribution in [2.75, 3.05) is 13.2 Å². The third-order valence-corrected chi connectivity index (χ3v) is 3.06. The van der Waals surface area contributed by atoms with Crippen molar-refractivity contribution in [1.82, 2.24) is 5.32 Å². The molecule has 1 amide bonds. The lowest BCUT2D eigenvalue weighted by Gasteiger charge is -2.15. The van der Waals surface area contributed by atoms with Crippen molar-refractivity contribution in [1.29, 1.82) is 0 Å². The first-order chi connectivity index (χ1) is 9.50. The molecule has 8 nitrogen and oxygen atoms in total. The fourth-order valence-electron chi connectivity index (χ4n) is 2.01. The quantitative estimate of drug-likeness (QED) is 0.609. The Kier molecular flexibility index (Phi) is 3.94. The highest BCUT2D eigenvalue weighted by Gasteiger charge is 2.36. The first-order valence-electron chi connectivity index (χ1n) is 5.85. The Morgan fingerprint density at radius 2 is 2.05 bits per heavy atom. The standard InChI is InChI=1S/C12H12N2O6/c15-11(7-3-1-2-4-10(7)14(18)19)13-9-6-20-5-8(9)12(16)17/h1-4,8-9H,5-6H2,(H,13,15)(H,16,17). The molecule has 0 spiro atoms. The summed E-state index contributed by atoms with van der Waals surface area (Å²) < 4.78 is 5.02. The van der Waals surface area contributed by atoms with Crippen molar-refractivity contribution in [2.45, 2.75) is 6.04 Å². The number of nitrogens with one attached hydrogen (secondary N) is 1. The molecule has 2 unspecified atom stereocenters. The Morgan fingerprint density at radius 3 is 2.70 bits per heavy atom. The summed E-state index contributed by atoms with van der Waals surface area (Å²) in [4.78, 5) is 33.2. The van der Waals surface area contributed by atoms with Crippen LogP contribution in [0.15, 0.2) is 24.3 Å². The van der Waals surface area contributed by atoms with E-state index in [1.54, 1.807) is 0 Å².